The van der Waals surface area contributed by atoms with Crippen molar-refractivity contribution in [1.82, 2.24) is 15.2 Å². The third-order valence-corrected chi connectivity index (χ3v) is 4.16. The second-order valence-corrected chi connectivity index (χ2v) is 5.71. The summed E-state index contributed by atoms with van der Waals surface area (Å²) in [6.07, 6.45) is 0.247. The van der Waals surface area contributed by atoms with Gasteiger partial charge in [-0.25, -0.2) is 0 Å². The minimum Gasteiger partial charge on any atom is -0.380 e. The summed E-state index contributed by atoms with van der Waals surface area (Å²) in [6, 6.07) is 9.57. The Labute approximate surface area is 124 Å². The van der Waals surface area contributed by atoms with E-state index in [4.69, 9.17) is 5.73 Å². The molecule has 1 fully saturated rings. The number of anilines is 1. The summed E-state index contributed by atoms with van der Waals surface area (Å²) in [5, 5.41) is 17.4. The molecule has 1 aromatic carbocycles. The zero-order valence-corrected chi connectivity index (χ0v) is 12.1. The monoisotopic (exact) mass is 287 g/mol. The van der Waals surface area contributed by atoms with Crippen LogP contribution in [-0.2, 0) is 0 Å². The van der Waals surface area contributed by atoms with E-state index in [-0.39, 0.29) is 6.04 Å². The van der Waals surface area contributed by atoms with Crippen LogP contribution in [0.25, 0.3) is 0 Å². The number of nitrogens with one attached hydrogen (secondary N) is 1. The Morgan fingerprint density at radius 2 is 2.14 bits per heavy atom. The molecular weight excluding hydrogens is 266 g/mol. The molecule has 0 bridgehead atoms. The first kappa shape index (κ1) is 14.0. The van der Waals surface area contributed by atoms with E-state index in [2.05, 4.69) is 27.0 Å². The van der Waals surface area contributed by atoms with E-state index in [9.17, 15) is 5.11 Å². The van der Waals surface area contributed by atoms with Gasteiger partial charge in [0.1, 0.15) is 6.10 Å². The molecule has 0 amide bonds. The zero-order valence-electron chi connectivity index (χ0n) is 12.1. The van der Waals surface area contributed by atoms with E-state index in [1.165, 1.54) is 0 Å². The van der Waals surface area contributed by atoms with Crippen LogP contribution in [0.3, 0.4) is 0 Å². The predicted octanol–water partition coefficient (Wildman–Crippen LogP) is 1.06. The van der Waals surface area contributed by atoms with Crippen LogP contribution in [0.1, 0.15) is 30.8 Å². The van der Waals surface area contributed by atoms with Crippen LogP contribution in [0, 0.1) is 5.92 Å². The molecule has 2 aromatic rings. The second kappa shape index (κ2) is 5.83. The highest BCUT2D eigenvalue weighted by molar-refractivity contribution is 5.32. The fourth-order valence-electron chi connectivity index (χ4n) is 2.60. The molecule has 1 aromatic heterocycles. The average molecular weight is 287 g/mol. The number of rotatable bonds is 3. The Morgan fingerprint density at radius 3 is 2.86 bits per heavy atom. The Hall–Kier alpha value is -1.92. The number of nitrogens with two attached hydrogens (primary N) is 1. The van der Waals surface area contributed by atoms with Gasteiger partial charge in [-0.2, -0.15) is 4.98 Å². The third kappa shape index (κ3) is 2.91. The fraction of sp³-hybridized carbons (Fsp3) is 0.467. The lowest BCUT2D eigenvalue weighted by molar-refractivity contribution is 0.210. The number of aromatic amines is 1. The van der Waals surface area contributed by atoms with Crippen molar-refractivity contribution in [2.45, 2.75) is 25.5 Å². The van der Waals surface area contributed by atoms with Crippen LogP contribution in [0.15, 0.2) is 30.3 Å². The van der Waals surface area contributed by atoms with Crippen LogP contribution in [0.5, 0.6) is 0 Å². The van der Waals surface area contributed by atoms with Crippen molar-refractivity contribution in [3.8, 4) is 0 Å². The van der Waals surface area contributed by atoms with Crippen molar-refractivity contribution in [1.29, 1.82) is 0 Å². The van der Waals surface area contributed by atoms with Gasteiger partial charge in [-0.1, -0.05) is 37.3 Å². The van der Waals surface area contributed by atoms with Crippen LogP contribution >= 0.6 is 0 Å². The summed E-state index contributed by atoms with van der Waals surface area (Å²) in [4.78, 5) is 6.50. The molecule has 0 aliphatic carbocycles. The molecule has 0 saturated carbocycles. The molecule has 6 heteroatoms. The predicted molar refractivity (Wildman–Crippen MR) is 80.9 cm³/mol. The van der Waals surface area contributed by atoms with E-state index < -0.39 is 6.10 Å². The molecule has 1 saturated heterocycles. The van der Waals surface area contributed by atoms with Crippen molar-refractivity contribution in [2.75, 3.05) is 18.0 Å². The number of aromatic nitrogens is 3. The average Bonchev–Trinajstić information content (AvgIpc) is 3.00. The maximum atomic E-state index is 10.3. The molecule has 0 spiro atoms. The molecule has 1 aliphatic rings. The van der Waals surface area contributed by atoms with Crippen LogP contribution in [0.4, 0.5) is 5.95 Å². The number of hydrogen-bond acceptors (Lipinski definition) is 5. The molecule has 3 rings (SSSR count). The van der Waals surface area contributed by atoms with Gasteiger partial charge in [0.05, 0.1) is 0 Å². The Morgan fingerprint density at radius 1 is 1.38 bits per heavy atom. The third-order valence-electron chi connectivity index (χ3n) is 4.16. The lowest BCUT2D eigenvalue weighted by atomic mass is 9.95. The van der Waals surface area contributed by atoms with Gasteiger partial charge in [0.15, 0.2) is 5.82 Å². The molecule has 3 unspecified atom stereocenters. The summed E-state index contributed by atoms with van der Waals surface area (Å²) >= 11 is 0. The van der Waals surface area contributed by atoms with Gasteiger partial charge in [0.25, 0.3) is 0 Å². The molecule has 0 radical (unpaired) electrons. The molecule has 4 N–H and O–H groups in total. The highest BCUT2D eigenvalue weighted by atomic mass is 16.3. The molecule has 2 heterocycles. The smallest absolute Gasteiger partial charge is 0.244 e. The normalized spacial score (nSPS) is 24.0. The molecule has 3 atom stereocenters. The minimum absolute atomic E-state index is 0.139. The fourth-order valence-corrected chi connectivity index (χ4v) is 2.60. The van der Waals surface area contributed by atoms with Crippen molar-refractivity contribution in [3.05, 3.63) is 41.7 Å². The van der Waals surface area contributed by atoms with Gasteiger partial charge < -0.3 is 15.7 Å². The summed E-state index contributed by atoms with van der Waals surface area (Å²) in [6.45, 7) is 3.82. The van der Waals surface area contributed by atoms with E-state index in [0.29, 0.717) is 17.7 Å². The minimum atomic E-state index is -0.787. The molecular formula is C15H21N5O. The lowest BCUT2D eigenvalue weighted by Crippen LogP contribution is -2.48. The topological polar surface area (TPSA) is 91.1 Å². The van der Waals surface area contributed by atoms with Crippen molar-refractivity contribution in [3.63, 3.8) is 0 Å². The zero-order chi connectivity index (χ0) is 14.8. The van der Waals surface area contributed by atoms with E-state index in [1.54, 1.807) is 0 Å². The van der Waals surface area contributed by atoms with Crippen molar-refractivity contribution in [2.24, 2.45) is 11.7 Å². The van der Waals surface area contributed by atoms with Gasteiger partial charge in [-0.3, -0.25) is 5.10 Å². The van der Waals surface area contributed by atoms with Gasteiger partial charge >= 0.3 is 0 Å². The Bertz CT molecular complexity index is 585. The number of H-pyrrole nitrogens is 1. The van der Waals surface area contributed by atoms with E-state index in [1.807, 2.05) is 30.3 Å². The Kier molecular flexibility index (Phi) is 3.90. The number of nitrogens with zero attached hydrogens (tertiary/aromatic N) is 3. The highest BCUT2D eigenvalue weighted by Gasteiger charge is 2.26. The van der Waals surface area contributed by atoms with Gasteiger partial charge in [-0.05, 0) is 17.9 Å². The van der Waals surface area contributed by atoms with Gasteiger partial charge in [0, 0.05) is 19.1 Å². The van der Waals surface area contributed by atoms with Crippen molar-refractivity contribution < 1.29 is 5.11 Å². The SMILES string of the molecule is CC1CCN(c2n[nH]c(C(O)c3ccccc3)n2)CC1N. The molecule has 6 nitrogen and oxygen atoms in total. The van der Waals surface area contributed by atoms with Crippen LogP contribution in [0.2, 0.25) is 0 Å². The largest absolute Gasteiger partial charge is 0.380 e. The Balaban J connectivity index is 1.75. The first-order chi connectivity index (χ1) is 10.1. The first-order valence-electron chi connectivity index (χ1n) is 7.31. The molecule has 112 valence electrons. The molecule has 1 aliphatic heterocycles. The maximum absolute atomic E-state index is 10.3. The molecule has 21 heavy (non-hydrogen) atoms. The number of aliphatic hydroxyl groups excluding tert-OH is 1. The number of piperidine rings is 1. The van der Waals surface area contributed by atoms with Crippen molar-refractivity contribution >= 4 is 5.95 Å². The van der Waals surface area contributed by atoms with E-state index >= 15 is 0 Å². The van der Waals surface area contributed by atoms with Gasteiger partial charge in [0.2, 0.25) is 5.95 Å². The lowest BCUT2D eigenvalue weighted by Gasteiger charge is -2.34. The van der Waals surface area contributed by atoms with Crippen LogP contribution in [-0.4, -0.2) is 39.4 Å². The summed E-state index contributed by atoms with van der Waals surface area (Å²) < 4.78 is 0. The van der Waals surface area contributed by atoms with Crippen LogP contribution < -0.4 is 10.6 Å². The first-order valence-corrected chi connectivity index (χ1v) is 7.31. The quantitative estimate of drug-likeness (QED) is 0.785. The highest BCUT2D eigenvalue weighted by Crippen LogP contribution is 2.23. The standard InChI is InChI=1S/C15H21N5O/c1-10-7-8-20(9-12(10)16)15-17-14(18-19-15)13(21)11-5-3-2-4-6-11/h2-6,10,12-13,21H,7-9,16H2,1H3,(H,17,18,19). The second-order valence-electron chi connectivity index (χ2n) is 5.71. The number of aliphatic hydroxyl groups is 1. The summed E-state index contributed by atoms with van der Waals surface area (Å²) in [7, 11) is 0. The number of benzene rings is 1. The maximum Gasteiger partial charge on any atom is 0.244 e. The summed E-state index contributed by atoms with van der Waals surface area (Å²) in [5.74, 6) is 1.60. The van der Waals surface area contributed by atoms with Gasteiger partial charge in [-0.15, -0.1) is 5.10 Å². The van der Waals surface area contributed by atoms with E-state index in [0.717, 1.165) is 25.1 Å². The number of hydrogen-bond donors (Lipinski definition) is 3. The summed E-state index contributed by atoms with van der Waals surface area (Å²) in [5.41, 5.74) is 6.90.